The Balaban J connectivity index is 2.15. The fourth-order valence-corrected chi connectivity index (χ4v) is 2.76. The van der Waals surface area contributed by atoms with E-state index in [0.717, 1.165) is 16.9 Å². The number of rotatable bonds is 2. The number of carbonyl (C=O) groups excluding carboxylic acids is 1. The minimum Gasteiger partial charge on any atom is -0.477 e. The number of aromatic carboxylic acids is 1. The van der Waals surface area contributed by atoms with Gasteiger partial charge in [-0.2, -0.15) is 0 Å². The number of fused-ring (bicyclic) bond motifs is 2. The number of anilines is 1. The van der Waals surface area contributed by atoms with E-state index in [9.17, 15) is 14.7 Å². The molecule has 0 atom stereocenters. The second-order valence-electron chi connectivity index (χ2n) is 5.06. The highest BCUT2D eigenvalue weighted by Gasteiger charge is 2.25. The number of hydrogen-bond donors (Lipinski definition) is 1. The standard InChI is InChI=1S/C15H15BN2O3/c1-16-15(21)18-9-11-6-7-13(14(19)20)17(11)8-10-4-2-3-5-12(10)18/h2-7,16H,8-9H2,1H3,(H,19,20). The van der Waals surface area contributed by atoms with Crippen molar-refractivity contribution in [1.29, 1.82) is 0 Å². The lowest BCUT2D eigenvalue weighted by Crippen LogP contribution is -2.32. The van der Waals surface area contributed by atoms with Crippen LogP contribution in [0.2, 0.25) is 6.82 Å². The van der Waals surface area contributed by atoms with E-state index in [1.54, 1.807) is 21.6 Å². The van der Waals surface area contributed by atoms with Crippen LogP contribution in [0.25, 0.3) is 0 Å². The Hall–Kier alpha value is -2.50. The van der Waals surface area contributed by atoms with Gasteiger partial charge in [0.05, 0.1) is 13.1 Å². The van der Waals surface area contributed by atoms with Crippen LogP contribution in [-0.4, -0.2) is 28.7 Å². The van der Waals surface area contributed by atoms with Gasteiger partial charge in [-0.05, 0) is 23.8 Å². The fraction of sp³-hybridized carbons (Fsp3) is 0.200. The Morgan fingerprint density at radius 1 is 1.14 bits per heavy atom. The van der Waals surface area contributed by atoms with E-state index in [4.69, 9.17) is 0 Å². The predicted molar refractivity (Wildman–Crippen MR) is 81.5 cm³/mol. The molecule has 3 rings (SSSR count). The maximum atomic E-state index is 12.2. The van der Waals surface area contributed by atoms with E-state index in [-0.39, 0.29) is 11.5 Å². The van der Waals surface area contributed by atoms with Crippen LogP contribution in [-0.2, 0) is 13.1 Å². The van der Waals surface area contributed by atoms with Crippen molar-refractivity contribution in [3.05, 3.63) is 53.3 Å². The van der Waals surface area contributed by atoms with Crippen molar-refractivity contribution >= 4 is 24.7 Å². The molecule has 1 aliphatic rings. The molecule has 0 bridgehead atoms. The summed E-state index contributed by atoms with van der Waals surface area (Å²) in [7, 11) is 0.417. The number of amides is 1. The van der Waals surface area contributed by atoms with Crippen LogP contribution in [0.3, 0.4) is 0 Å². The normalized spacial score (nSPS) is 13.1. The molecule has 5 nitrogen and oxygen atoms in total. The number of carbonyl (C=O) groups is 2. The lowest BCUT2D eigenvalue weighted by molar-refractivity contribution is 0.0685. The second kappa shape index (κ2) is 5.12. The molecule has 1 aliphatic heterocycles. The van der Waals surface area contributed by atoms with Crippen LogP contribution in [0.1, 0.15) is 21.7 Å². The third-order valence-corrected chi connectivity index (χ3v) is 3.82. The van der Waals surface area contributed by atoms with Gasteiger partial charge in [0.25, 0.3) is 0 Å². The van der Waals surface area contributed by atoms with Crippen LogP contribution in [0.15, 0.2) is 36.4 Å². The molecule has 0 saturated heterocycles. The Morgan fingerprint density at radius 3 is 2.62 bits per heavy atom. The van der Waals surface area contributed by atoms with E-state index in [2.05, 4.69) is 0 Å². The first-order valence-electron chi connectivity index (χ1n) is 6.91. The largest absolute Gasteiger partial charge is 0.477 e. The molecule has 1 amide bonds. The molecule has 0 aliphatic carbocycles. The fourth-order valence-electron chi connectivity index (χ4n) is 2.76. The van der Waals surface area contributed by atoms with Crippen molar-refractivity contribution in [2.45, 2.75) is 19.9 Å². The molecule has 106 valence electrons. The van der Waals surface area contributed by atoms with Gasteiger partial charge in [0.1, 0.15) is 5.69 Å². The van der Waals surface area contributed by atoms with E-state index in [1.165, 1.54) is 0 Å². The topological polar surface area (TPSA) is 62.5 Å². The Labute approximate surface area is 123 Å². The van der Waals surface area contributed by atoms with Gasteiger partial charge in [0, 0.05) is 11.4 Å². The molecule has 0 saturated carbocycles. The minimum atomic E-state index is -0.950. The van der Waals surface area contributed by atoms with Crippen LogP contribution >= 0.6 is 0 Å². The highest BCUT2D eigenvalue weighted by molar-refractivity contribution is 6.74. The lowest BCUT2D eigenvalue weighted by atomic mass is 9.80. The molecule has 0 unspecified atom stereocenters. The summed E-state index contributed by atoms with van der Waals surface area (Å²) in [5.41, 5.74) is 2.91. The zero-order valence-electron chi connectivity index (χ0n) is 11.7. The molecule has 1 aromatic heterocycles. The summed E-state index contributed by atoms with van der Waals surface area (Å²) in [6.07, 6.45) is 0. The first-order valence-corrected chi connectivity index (χ1v) is 6.91. The summed E-state index contributed by atoms with van der Waals surface area (Å²) in [4.78, 5) is 25.3. The SMILES string of the molecule is CBC(=O)N1Cc2ccc(C(=O)O)n2Cc2ccccc21. The quantitative estimate of drug-likeness (QED) is 0.858. The Bertz CT molecular complexity index is 723. The molecule has 1 aromatic carbocycles. The smallest absolute Gasteiger partial charge is 0.352 e. The molecule has 0 fully saturated rings. The summed E-state index contributed by atoms with van der Waals surface area (Å²) >= 11 is 0. The van der Waals surface area contributed by atoms with E-state index in [0.29, 0.717) is 20.4 Å². The maximum Gasteiger partial charge on any atom is 0.352 e. The van der Waals surface area contributed by atoms with Gasteiger partial charge in [0.2, 0.25) is 7.28 Å². The summed E-state index contributed by atoms with van der Waals surface area (Å²) < 4.78 is 1.77. The van der Waals surface area contributed by atoms with Crippen molar-refractivity contribution in [3.8, 4) is 0 Å². The molecule has 1 N–H and O–H groups in total. The minimum absolute atomic E-state index is 0.0361. The van der Waals surface area contributed by atoms with Crippen molar-refractivity contribution in [2.75, 3.05) is 4.90 Å². The average Bonchev–Trinajstić information content (AvgIpc) is 2.80. The van der Waals surface area contributed by atoms with Gasteiger partial charge in [-0.3, -0.25) is 4.79 Å². The first kappa shape index (κ1) is 13.5. The van der Waals surface area contributed by atoms with Crippen molar-refractivity contribution in [1.82, 2.24) is 4.57 Å². The van der Waals surface area contributed by atoms with Crippen LogP contribution < -0.4 is 4.90 Å². The molecule has 0 spiro atoms. The lowest BCUT2D eigenvalue weighted by Gasteiger charge is -2.22. The predicted octanol–water partition coefficient (Wildman–Crippen LogP) is 2.16. The number of para-hydroxylation sites is 1. The molecule has 6 heteroatoms. The summed E-state index contributed by atoms with van der Waals surface area (Å²) in [5.74, 6) is -0.914. The maximum absolute atomic E-state index is 12.2. The second-order valence-corrected chi connectivity index (χ2v) is 5.06. The molecular formula is C15H15BN2O3. The van der Waals surface area contributed by atoms with Gasteiger partial charge in [-0.1, -0.05) is 25.0 Å². The molecule has 2 heterocycles. The monoisotopic (exact) mass is 282 g/mol. The molecular weight excluding hydrogens is 267 g/mol. The first-order chi connectivity index (χ1) is 10.1. The average molecular weight is 282 g/mol. The highest BCUT2D eigenvalue weighted by Crippen LogP contribution is 2.29. The number of carboxylic acids is 1. The van der Waals surface area contributed by atoms with Crippen LogP contribution in [0.5, 0.6) is 0 Å². The zero-order chi connectivity index (χ0) is 15.0. The Kier molecular flexibility index (Phi) is 3.29. The zero-order valence-corrected chi connectivity index (χ0v) is 11.7. The van der Waals surface area contributed by atoms with Crippen LogP contribution in [0.4, 0.5) is 10.5 Å². The van der Waals surface area contributed by atoms with Gasteiger partial charge in [-0.25, -0.2) is 4.79 Å². The summed E-state index contributed by atoms with van der Waals surface area (Å²) in [6, 6.07) is 11.0. The van der Waals surface area contributed by atoms with E-state index in [1.807, 2.05) is 31.1 Å². The molecule has 0 radical (unpaired) electrons. The van der Waals surface area contributed by atoms with Gasteiger partial charge in [0.15, 0.2) is 5.81 Å². The van der Waals surface area contributed by atoms with Gasteiger partial charge in [-0.15, -0.1) is 0 Å². The number of benzene rings is 1. The third kappa shape index (κ3) is 2.22. The van der Waals surface area contributed by atoms with Gasteiger partial charge < -0.3 is 14.6 Å². The van der Waals surface area contributed by atoms with Crippen molar-refractivity contribution in [2.24, 2.45) is 0 Å². The number of aromatic nitrogens is 1. The van der Waals surface area contributed by atoms with Crippen molar-refractivity contribution in [3.63, 3.8) is 0 Å². The van der Waals surface area contributed by atoms with E-state index >= 15 is 0 Å². The van der Waals surface area contributed by atoms with E-state index < -0.39 is 5.97 Å². The molecule has 2 aromatic rings. The highest BCUT2D eigenvalue weighted by atomic mass is 16.4. The number of nitrogens with zero attached hydrogens (tertiary/aromatic N) is 2. The number of hydrogen-bond acceptors (Lipinski definition) is 2. The summed E-state index contributed by atoms with van der Waals surface area (Å²) in [5, 5.41) is 9.29. The Morgan fingerprint density at radius 2 is 1.90 bits per heavy atom. The van der Waals surface area contributed by atoms with Gasteiger partial charge >= 0.3 is 5.97 Å². The third-order valence-electron chi connectivity index (χ3n) is 3.82. The number of carboxylic acid groups (broad SMARTS) is 1. The summed E-state index contributed by atoms with van der Waals surface area (Å²) in [6.45, 7) is 2.70. The molecule has 21 heavy (non-hydrogen) atoms. The van der Waals surface area contributed by atoms with Crippen LogP contribution in [0, 0.1) is 0 Å². The van der Waals surface area contributed by atoms with Crippen molar-refractivity contribution < 1.29 is 14.7 Å².